The van der Waals surface area contributed by atoms with Gasteiger partial charge in [-0.05, 0) is 29.5 Å². The largest absolute Gasteiger partial charge is 0.345 e. The number of hydrogen-bond donors (Lipinski definition) is 1. The summed E-state index contributed by atoms with van der Waals surface area (Å²) in [5.74, 6) is 0. The SMILES string of the molecule is CC1(C)CC1(C#N)c1ccc2nc[nH]c2c1. The van der Waals surface area contributed by atoms with Crippen LogP contribution >= 0.6 is 0 Å². The first-order valence-electron chi connectivity index (χ1n) is 5.44. The van der Waals surface area contributed by atoms with Gasteiger partial charge in [-0.3, -0.25) is 0 Å². The second kappa shape index (κ2) is 2.65. The number of imidazole rings is 1. The number of nitrogens with one attached hydrogen (secondary N) is 1. The second-order valence-corrected chi connectivity index (χ2v) is 5.21. The molecule has 3 heteroatoms. The molecule has 2 aromatic rings. The summed E-state index contributed by atoms with van der Waals surface area (Å²) in [5.41, 5.74) is 2.86. The monoisotopic (exact) mass is 211 g/mol. The highest BCUT2D eigenvalue weighted by atomic mass is 14.9. The zero-order valence-electron chi connectivity index (χ0n) is 9.41. The van der Waals surface area contributed by atoms with E-state index < -0.39 is 0 Å². The minimum Gasteiger partial charge on any atom is -0.345 e. The first-order valence-corrected chi connectivity index (χ1v) is 5.44. The van der Waals surface area contributed by atoms with E-state index in [4.69, 9.17) is 0 Å². The van der Waals surface area contributed by atoms with Crippen LogP contribution in [0.2, 0.25) is 0 Å². The van der Waals surface area contributed by atoms with Crippen LogP contribution in [0.4, 0.5) is 0 Å². The summed E-state index contributed by atoms with van der Waals surface area (Å²) < 4.78 is 0. The minimum absolute atomic E-state index is 0.0927. The third-order valence-corrected chi connectivity index (χ3v) is 3.84. The molecule has 0 aliphatic heterocycles. The molecule has 1 aromatic carbocycles. The van der Waals surface area contributed by atoms with E-state index >= 15 is 0 Å². The van der Waals surface area contributed by atoms with Crippen LogP contribution in [0.3, 0.4) is 0 Å². The molecular weight excluding hydrogens is 198 g/mol. The fraction of sp³-hybridized carbons (Fsp3) is 0.385. The van der Waals surface area contributed by atoms with E-state index in [9.17, 15) is 5.26 Å². The molecular formula is C13H13N3. The van der Waals surface area contributed by atoms with Gasteiger partial charge in [-0.25, -0.2) is 4.98 Å². The van der Waals surface area contributed by atoms with Crippen LogP contribution in [-0.4, -0.2) is 9.97 Å². The standard InChI is InChI=1S/C13H13N3/c1-12(2)6-13(12,7-14)9-3-4-10-11(5-9)16-8-15-10/h3-5,8H,6H2,1-2H3,(H,15,16). The van der Waals surface area contributed by atoms with Gasteiger partial charge in [0.2, 0.25) is 0 Å². The van der Waals surface area contributed by atoms with Gasteiger partial charge in [-0.1, -0.05) is 19.9 Å². The molecule has 1 N–H and O–H groups in total. The predicted octanol–water partition coefficient (Wildman–Crippen LogP) is 2.75. The number of aromatic amines is 1. The molecule has 1 aromatic heterocycles. The number of H-pyrrole nitrogens is 1. The molecule has 3 rings (SSSR count). The Balaban J connectivity index is 2.17. The summed E-state index contributed by atoms with van der Waals surface area (Å²) in [7, 11) is 0. The van der Waals surface area contributed by atoms with Gasteiger partial charge in [0.1, 0.15) is 0 Å². The summed E-state index contributed by atoms with van der Waals surface area (Å²) in [6.45, 7) is 4.29. The zero-order chi connectivity index (χ0) is 11.4. The quantitative estimate of drug-likeness (QED) is 0.788. The fourth-order valence-corrected chi connectivity index (χ4v) is 2.57. The molecule has 1 fully saturated rings. The molecule has 0 radical (unpaired) electrons. The van der Waals surface area contributed by atoms with Crippen LogP contribution in [-0.2, 0) is 5.41 Å². The van der Waals surface area contributed by atoms with E-state index in [1.165, 1.54) is 0 Å². The maximum Gasteiger partial charge on any atom is 0.0931 e. The summed E-state index contributed by atoms with van der Waals surface area (Å²) in [6.07, 6.45) is 2.63. The maximum absolute atomic E-state index is 9.39. The van der Waals surface area contributed by atoms with Gasteiger partial charge in [0.05, 0.1) is 28.8 Å². The third kappa shape index (κ3) is 0.992. The topological polar surface area (TPSA) is 52.5 Å². The molecule has 1 aliphatic carbocycles. The Bertz CT molecular complexity index is 603. The van der Waals surface area contributed by atoms with E-state index in [1.54, 1.807) is 6.33 Å². The lowest BCUT2D eigenvalue weighted by atomic mass is 9.89. The summed E-state index contributed by atoms with van der Waals surface area (Å²) >= 11 is 0. The second-order valence-electron chi connectivity index (χ2n) is 5.21. The summed E-state index contributed by atoms with van der Waals surface area (Å²) in [4.78, 5) is 7.28. The van der Waals surface area contributed by atoms with Crippen LogP contribution < -0.4 is 0 Å². The summed E-state index contributed by atoms with van der Waals surface area (Å²) in [6, 6.07) is 8.55. The van der Waals surface area contributed by atoms with Crippen molar-refractivity contribution in [3.63, 3.8) is 0 Å². The van der Waals surface area contributed by atoms with Crippen LogP contribution in [0.5, 0.6) is 0 Å². The Hall–Kier alpha value is -1.82. The first kappa shape index (κ1) is 9.41. The Labute approximate surface area is 94.1 Å². The van der Waals surface area contributed by atoms with Crippen molar-refractivity contribution in [2.24, 2.45) is 5.41 Å². The van der Waals surface area contributed by atoms with E-state index in [2.05, 4.69) is 36.0 Å². The Morgan fingerprint density at radius 1 is 1.44 bits per heavy atom. The van der Waals surface area contributed by atoms with Crippen molar-refractivity contribution in [3.8, 4) is 6.07 Å². The highest BCUT2D eigenvalue weighted by Crippen LogP contribution is 2.63. The number of fused-ring (bicyclic) bond motifs is 1. The molecule has 1 unspecified atom stereocenters. The van der Waals surface area contributed by atoms with Gasteiger partial charge in [-0.15, -0.1) is 0 Å². The molecule has 1 saturated carbocycles. The number of aromatic nitrogens is 2. The highest BCUT2D eigenvalue weighted by molar-refractivity contribution is 5.76. The van der Waals surface area contributed by atoms with Crippen molar-refractivity contribution in [2.45, 2.75) is 25.7 Å². The van der Waals surface area contributed by atoms with Crippen molar-refractivity contribution in [2.75, 3.05) is 0 Å². The van der Waals surface area contributed by atoms with Crippen molar-refractivity contribution in [1.29, 1.82) is 5.26 Å². The Kier molecular flexibility index (Phi) is 1.56. The van der Waals surface area contributed by atoms with Crippen molar-refractivity contribution in [1.82, 2.24) is 9.97 Å². The molecule has 16 heavy (non-hydrogen) atoms. The fourth-order valence-electron chi connectivity index (χ4n) is 2.57. The molecule has 1 heterocycles. The van der Waals surface area contributed by atoms with Gasteiger partial charge in [-0.2, -0.15) is 5.26 Å². The van der Waals surface area contributed by atoms with Gasteiger partial charge in [0, 0.05) is 0 Å². The van der Waals surface area contributed by atoms with Crippen molar-refractivity contribution >= 4 is 11.0 Å². The Morgan fingerprint density at radius 2 is 2.19 bits per heavy atom. The molecule has 1 atom stereocenters. The average Bonchev–Trinajstić information content (AvgIpc) is 2.63. The predicted molar refractivity (Wildman–Crippen MR) is 61.8 cm³/mol. The minimum atomic E-state index is -0.299. The number of nitriles is 1. The molecule has 0 amide bonds. The molecule has 0 spiro atoms. The van der Waals surface area contributed by atoms with E-state index in [0.717, 1.165) is 23.0 Å². The molecule has 3 nitrogen and oxygen atoms in total. The molecule has 0 bridgehead atoms. The molecule has 80 valence electrons. The van der Waals surface area contributed by atoms with Crippen molar-refractivity contribution in [3.05, 3.63) is 30.1 Å². The Morgan fingerprint density at radius 3 is 2.81 bits per heavy atom. The van der Waals surface area contributed by atoms with Crippen molar-refractivity contribution < 1.29 is 0 Å². The van der Waals surface area contributed by atoms with Crippen LogP contribution in [0, 0.1) is 16.7 Å². The van der Waals surface area contributed by atoms with E-state index in [1.807, 2.05) is 12.1 Å². The van der Waals surface area contributed by atoms with E-state index in [0.29, 0.717) is 0 Å². The normalized spacial score (nSPS) is 26.6. The smallest absolute Gasteiger partial charge is 0.0931 e. The third-order valence-electron chi connectivity index (χ3n) is 3.84. The lowest BCUT2D eigenvalue weighted by Gasteiger charge is -2.12. The van der Waals surface area contributed by atoms with Gasteiger partial charge in [0.25, 0.3) is 0 Å². The van der Waals surface area contributed by atoms with Crippen LogP contribution in [0.25, 0.3) is 11.0 Å². The van der Waals surface area contributed by atoms with Crippen LogP contribution in [0.1, 0.15) is 25.8 Å². The lowest BCUT2D eigenvalue weighted by Crippen LogP contribution is -2.11. The van der Waals surface area contributed by atoms with Gasteiger partial charge >= 0.3 is 0 Å². The van der Waals surface area contributed by atoms with E-state index in [-0.39, 0.29) is 10.8 Å². The highest BCUT2D eigenvalue weighted by Gasteiger charge is 2.63. The van der Waals surface area contributed by atoms with Crippen LogP contribution in [0.15, 0.2) is 24.5 Å². The zero-order valence-corrected chi connectivity index (χ0v) is 9.41. The van der Waals surface area contributed by atoms with Gasteiger partial charge in [0.15, 0.2) is 0 Å². The molecule has 1 aliphatic rings. The number of rotatable bonds is 1. The number of benzene rings is 1. The number of hydrogen-bond acceptors (Lipinski definition) is 2. The maximum atomic E-state index is 9.39. The molecule has 0 saturated heterocycles. The summed E-state index contributed by atoms with van der Waals surface area (Å²) in [5, 5.41) is 9.39. The first-order chi connectivity index (χ1) is 7.59. The number of nitrogens with zero attached hydrogens (tertiary/aromatic N) is 2. The lowest BCUT2D eigenvalue weighted by molar-refractivity contribution is 0.570. The van der Waals surface area contributed by atoms with Gasteiger partial charge < -0.3 is 4.98 Å². The average molecular weight is 211 g/mol.